The van der Waals surface area contributed by atoms with Crippen molar-refractivity contribution in [1.29, 1.82) is 0 Å². The molecule has 0 aromatic carbocycles. The summed E-state index contributed by atoms with van der Waals surface area (Å²) < 4.78 is 10.2. The van der Waals surface area contributed by atoms with E-state index >= 15 is 0 Å². The van der Waals surface area contributed by atoms with Gasteiger partial charge in [0.15, 0.2) is 6.29 Å². The van der Waals surface area contributed by atoms with E-state index in [-0.39, 0.29) is 6.29 Å². The molecule has 50 valence electrons. The molecule has 1 heterocycles. The summed E-state index contributed by atoms with van der Waals surface area (Å²) in [6.45, 7) is 5.89. The Kier molecular flexibility index (Phi) is 2.74. The predicted octanol–water partition coefficient (Wildman–Crippen LogP) is 1.30. The van der Waals surface area contributed by atoms with Gasteiger partial charge in [-0.25, -0.2) is 0 Å². The van der Waals surface area contributed by atoms with E-state index in [4.69, 9.17) is 9.47 Å². The summed E-state index contributed by atoms with van der Waals surface area (Å²) in [5.74, 6) is 0. The van der Waals surface area contributed by atoms with Gasteiger partial charge in [0, 0.05) is 12.8 Å². The first-order chi connectivity index (χ1) is 4.43. The molecule has 0 bridgehead atoms. The Hall–Kier alpha value is -0.340. The Morgan fingerprint density at radius 3 is 3.22 bits per heavy atom. The van der Waals surface area contributed by atoms with Crippen LogP contribution >= 0.6 is 0 Å². The van der Waals surface area contributed by atoms with Crippen LogP contribution in [-0.4, -0.2) is 12.9 Å². The van der Waals surface area contributed by atoms with Crippen LogP contribution in [0.4, 0.5) is 0 Å². The molecule has 2 heteroatoms. The molecular formula is C7H10O2. The Bertz CT molecular complexity index is 84.9. The van der Waals surface area contributed by atoms with Gasteiger partial charge in [-0.15, -0.1) is 6.58 Å². The monoisotopic (exact) mass is 126 g/mol. The molecule has 1 atom stereocenters. The molecule has 1 aliphatic rings. The van der Waals surface area contributed by atoms with Crippen molar-refractivity contribution < 1.29 is 9.47 Å². The smallest absolute Gasteiger partial charge is 0.161 e. The van der Waals surface area contributed by atoms with Crippen LogP contribution in [0.25, 0.3) is 0 Å². The maximum absolute atomic E-state index is 5.14. The molecule has 1 saturated heterocycles. The lowest BCUT2D eigenvalue weighted by atomic mass is 10.4. The number of rotatable bonds is 2. The Labute approximate surface area is 55.5 Å². The van der Waals surface area contributed by atoms with Crippen LogP contribution in [0.3, 0.4) is 0 Å². The average Bonchev–Trinajstić information content (AvgIpc) is 1.91. The SMILES string of the molecule is C=CCC1O[CH][CH]CO1. The van der Waals surface area contributed by atoms with Gasteiger partial charge in [-0.2, -0.15) is 0 Å². The van der Waals surface area contributed by atoms with E-state index in [9.17, 15) is 0 Å². The van der Waals surface area contributed by atoms with E-state index < -0.39 is 0 Å². The summed E-state index contributed by atoms with van der Waals surface area (Å²) in [5, 5.41) is 0. The normalized spacial score (nSPS) is 21.8. The van der Waals surface area contributed by atoms with Crippen molar-refractivity contribution in [1.82, 2.24) is 0 Å². The molecule has 0 N–H and O–H groups in total. The predicted molar refractivity (Wildman–Crippen MR) is 34.2 cm³/mol. The highest BCUT2D eigenvalue weighted by Crippen LogP contribution is 2.10. The number of ether oxygens (including phenoxy) is 2. The lowest BCUT2D eigenvalue weighted by molar-refractivity contribution is -0.132. The first kappa shape index (κ1) is 6.78. The molecule has 1 fully saturated rings. The maximum Gasteiger partial charge on any atom is 0.161 e. The summed E-state index contributed by atoms with van der Waals surface area (Å²) >= 11 is 0. The second kappa shape index (κ2) is 3.64. The van der Waals surface area contributed by atoms with Gasteiger partial charge >= 0.3 is 0 Å². The van der Waals surface area contributed by atoms with Crippen LogP contribution in [-0.2, 0) is 9.47 Å². The van der Waals surface area contributed by atoms with Crippen LogP contribution in [0.15, 0.2) is 12.7 Å². The molecule has 0 aliphatic carbocycles. The van der Waals surface area contributed by atoms with E-state index in [1.165, 1.54) is 0 Å². The van der Waals surface area contributed by atoms with Crippen LogP contribution in [0.2, 0.25) is 0 Å². The Balaban J connectivity index is 2.15. The fraction of sp³-hybridized carbons (Fsp3) is 0.429. The molecule has 0 saturated carbocycles. The third kappa shape index (κ3) is 2.16. The Morgan fingerprint density at radius 1 is 1.78 bits per heavy atom. The van der Waals surface area contributed by atoms with Crippen molar-refractivity contribution in [3.8, 4) is 0 Å². The fourth-order valence-corrected chi connectivity index (χ4v) is 0.644. The second-order valence-electron chi connectivity index (χ2n) is 1.80. The standard InChI is InChI=1S/C7H10O2/c1-2-4-7-8-5-3-6-9-7/h2-3,5,7H,1,4,6H2. The van der Waals surface area contributed by atoms with Gasteiger partial charge < -0.3 is 9.47 Å². The lowest BCUT2D eigenvalue weighted by Gasteiger charge is -2.20. The third-order valence-corrected chi connectivity index (χ3v) is 1.06. The molecule has 1 rings (SSSR count). The summed E-state index contributed by atoms with van der Waals surface area (Å²) in [6, 6.07) is 0. The topological polar surface area (TPSA) is 18.5 Å². The van der Waals surface area contributed by atoms with Crippen LogP contribution in [0, 0.1) is 13.0 Å². The van der Waals surface area contributed by atoms with Crippen molar-refractivity contribution in [2.45, 2.75) is 12.7 Å². The molecule has 0 spiro atoms. The minimum atomic E-state index is -0.104. The average molecular weight is 126 g/mol. The zero-order valence-corrected chi connectivity index (χ0v) is 5.25. The maximum atomic E-state index is 5.14. The van der Waals surface area contributed by atoms with Crippen molar-refractivity contribution in [2.24, 2.45) is 0 Å². The van der Waals surface area contributed by atoms with Gasteiger partial charge in [0.05, 0.1) is 13.2 Å². The van der Waals surface area contributed by atoms with E-state index in [0.29, 0.717) is 6.61 Å². The van der Waals surface area contributed by atoms with Crippen LogP contribution in [0.1, 0.15) is 6.42 Å². The molecule has 0 amide bonds. The van der Waals surface area contributed by atoms with Gasteiger partial charge in [0.25, 0.3) is 0 Å². The zero-order chi connectivity index (χ0) is 6.53. The van der Waals surface area contributed by atoms with Crippen molar-refractivity contribution in [3.05, 3.63) is 25.7 Å². The molecule has 9 heavy (non-hydrogen) atoms. The van der Waals surface area contributed by atoms with Crippen molar-refractivity contribution >= 4 is 0 Å². The van der Waals surface area contributed by atoms with Gasteiger partial charge in [-0.1, -0.05) is 6.08 Å². The lowest BCUT2D eigenvalue weighted by Crippen LogP contribution is -2.21. The van der Waals surface area contributed by atoms with Crippen molar-refractivity contribution in [2.75, 3.05) is 6.61 Å². The summed E-state index contributed by atoms with van der Waals surface area (Å²) in [6.07, 6.45) is 4.26. The van der Waals surface area contributed by atoms with Gasteiger partial charge in [-0.3, -0.25) is 0 Å². The van der Waals surface area contributed by atoms with E-state index in [0.717, 1.165) is 6.42 Å². The van der Waals surface area contributed by atoms with E-state index in [1.807, 2.05) is 6.42 Å². The molecular weight excluding hydrogens is 116 g/mol. The van der Waals surface area contributed by atoms with Gasteiger partial charge in [-0.05, 0) is 0 Å². The largest absolute Gasteiger partial charge is 0.352 e. The second-order valence-corrected chi connectivity index (χ2v) is 1.80. The van der Waals surface area contributed by atoms with Crippen LogP contribution in [0.5, 0.6) is 0 Å². The van der Waals surface area contributed by atoms with Gasteiger partial charge in [0.1, 0.15) is 0 Å². The first-order valence-electron chi connectivity index (χ1n) is 2.96. The molecule has 1 unspecified atom stereocenters. The molecule has 2 radical (unpaired) electrons. The number of hydrogen-bond acceptors (Lipinski definition) is 2. The summed E-state index contributed by atoms with van der Waals surface area (Å²) in [7, 11) is 0. The minimum absolute atomic E-state index is 0.104. The Morgan fingerprint density at radius 2 is 2.67 bits per heavy atom. The summed E-state index contributed by atoms with van der Waals surface area (Å²) in [4.78, 5) is 0. The van der Waals surface area contributed by atoms with Gasteiger partial charge in [0.2, 0.25) is 0 Å². The van der Waals surface area contributed by atoms with Crippen LogP contribution < -0.4 is 0 Å². The highest BCUT2D eigenvalue weighted by Gasteiger charge is 2.11. The first-order valence-corrected chi connectivity index (χ1v) is 2.96. The van der Waals surface area contributed by atoms with Crippen molar-refractivity contribution in [3.63, 3.8) is 0 Å². The third-order valence-electron chi connectivity index (χ3n) is 1.06. The molecule has 2 nitrogen and oxygen atoms in total. The molecule has 0 aromatic rings. The fourth-order valence-electron chi connectivity index (χ4n) is 0.644. The summed E-state index contributed by atoms with van der Waals surface area (Å²) in [5.41, 5.74) is 0. The molecule has 0 aromatic heterocycles. The quantitative estimate of drug-likeness (QED) is 0.519. The van der Waals surface area contributed by atoms with E-state index in [2.05, 4.69) is 6.58 Å². The highest BCUT2D eigenvalue weighted by atomic mass is 16.7. The zero-order valence-electron chi connectivity index (χ0n) is 5.25. The number of hydrogen-bond donors (Lipinski definition) is 0. The van der Waals surface area contributed by atoms with E-state index in [1.54, 1.807) is 12.7 Å². The molecule has 1 aliphatic heterocycles. The highest BCUT2D eigenvalue weighted by molar-refractivity contribution is 4.81. The minimum Gasteiger partial charge on any atom is -0.352 e.